The summed E-state index contributed by atoms with van der Waals surface area (Å²) in [5.41, 5.74) is 0.0715. The Morgan fingerprint density at radius 2 is 2.05 bits per heavy atom. The lowest BCUT2D eigenvalue weighted by Crippen LogP contribution is -2.20. The summed E-state index contributed by atoms with van der Waals surface area (Å²) in [6.07, 6.45) is 1.07. The van der Waals surface area contributed by atoms with Crippen LogP contribution in [0.1, 0.15) is 5.82 Å². The van der Waals surface area contributed by atoms with E-state index in [0.717, 1.165) is 10.8 Å². The highest BCUT2D eigenvalue weighted by atomic mass is 16.6. The number of rotatable bonds is 5. The van der Waals surface area contributed by atoms with Crippen LogP contribution in [0.3, 0.4) is 0 Å². The molecule has 0 spiro atoms. The smallest absolute Gasteiger partial charge is 0.343 e. The molecule has 1 aromatic carbocycles. The summed E-state index contributed by atoms with van der Waals surface area (Å²) in [5, 5.41) is 24.0. The average Bonchev–Trinajstić information content (AvgIpc) is 2.80. The summed E-state index contributed by atoms with van der Waals surface area (Å²) < 4.78 is 1.15. The number of carbonyl (C=O) groups is 1. The van der Waals surface area contributed by atoms with Gasteiger partial charge in [0.05, 0.1) is 4.92 Å². The van der Waals surface area contributed by atoms with Gasteiger partial charge in [0, 0.05) is 24.7 Å². The fraction of sp³-hybridized carbons (Fsp3) is 0.167. The quantitative estimate of drug-likeness (QED) is 0.659. The lowest BCUT2D eigenvalue weighted by atomic mass is 10.3. The molecule has 1 aromatic heterocycles. The van der Waals surface area contributed by atoms with Crippen LogP contribution >= 0.6 is 0 Å². The number of anilines is 1. The van der Waals surface area contributed by atoms with E-state index in [9.17, 15) is 25.0 Å². The third kappa shape index (κ3) is 3.23. The van der Waals surface area contributed by atoms with Crippen LogP contribution in [0.5, 0.6) is 0 Å². The molecule has 0 fully saturated rings. The van der Waals surface area contributed by atoms with Gasteiger partial charge in [-0.05, 0) is 11.0 Å². The highest BCUT2D eigenvalue weighted by molar-refractivity contribution is 5.91. The van der Waals surface area contributed by atoms with Gasteiger partial charge in [0.2, 0.25) is 0 Å². The van der Waals surface area contributed by atoms with Crippen molar-refractivity contribution in [1.82, 2.24) is 9.55 Å². The zero-order chi connectivity index (χ0) is 16.3. The Balaban J connectivity index is 2.14. The van der Waals surface area contributed by atoms with Crippen molar-refractivity contribution in [3.05, 3.63) is 56.5 Å². The van der Waals surface area contributed by atoms with Crippen molar-refractivity contribution in [2.75, 3.05) is 5.32 Å². The molecule has 0 unspecified atom stereocenters. The molecule has 0 atom stereocenters. The molecular weight excluding hydrogens is 294 g/mol. The molecule has 1 amide bonds. The Morgan fingerprint density at radius 1 is 1.32 bits per heavy atom. The zero-order valence-corrected chi connectivity index (χ0v) is 11.4. The summed E-state index contributed by atoms with van der Waals surface area (Å²) in [7, 11) is 0. The third-order valence-electron chi connectivity index (χ3n) is 2.86. The van der Waals surface area contributed by atoms with Crippen LogP contribution in [0.2, 0.25) is 0 Å². The van der Waals surface area contributed by atoms with Gasteiger partial charge in [-0.15, -0.1) is 0 Å². The van der Waals surface area contributed by atoms with Gasteiger partial charge < -0.3 is 15.4 Å². The molecule has 1 N–H and O–H groups in total. The molecule has 0 radical (unpaired) electrons. The van der Waals surface area contributed by atoms with Crippen molar-refractivity contribution in [1.29, 1.82) is 0 Å². The van der Waals surface area contributed by atoms with E-state index in [1.54, 1.807) is 0 Å². The maximum absolute atomic E-state index is 11.9. The molecule has 22 heavy (non-hydrogen) atoms. The Morgan fingerprint density at radius 3 is 2.68 bits per heavy atom. The highest BCUT2D eigenvalue weighted by Gasteiger charge is 2.20. The number of nitrogens with zero attached hydrogens (tertiary/aromatic N) is 4. The largest absolute Gasteiger partial charge is 0.358 e. The standard InChI is InChI=1S/C12H11N5O5/c1-8-13-6-12(17(21)22)15(8)7-11(18)14-9-3-2-4-10(5-9)16(19)20/h2-6H,7H2,1H3,(H,14,18). The number of nitro benzene ring substituents is 1. The molecule has 2 aromatic rings. The Bertz CT molecular complexity index is 754. The first-order valence-corrected chi connectivity index (χ1v) is 6.09. The topological polar surface area (TPSA) is 133 Å². The minimum Gasteiger partial charge on any atom is -0.358 e. The number of non-ortho nitro benzene ring substituents is 1. The molecular formula is C12H11N5O5. The Hall–Kier alpha value is -3.30. The van der Waals surface area contributed by atoms with Crippen molar-refractivity contribution in [3.63, 3.8) is 0 Å². The van der Waals surface area contributed by atoms with Gasteiger partial charge in [0.1, 0.15) is 6.20 Å². The minimum absolute atomic E-state index is 0.164. The van der Waals surface area contributed by atoms with Crippen molar-refractivity contribution < 1.29 is 14.6 Å². The summed E-state index contributed by atoms with van der Waals surface area (Å²) in [6.45, 7) is 1.22. The second kappa shape index (κ2) is 5.99. The van der Waals surface area contributed by atoms with Crippen LogP contribution in [0.4, 0.5) is 17.2 Å². The summed E-state index contributed by atoms with van der Waals surface area (Å²) in [6, 6.07) is 5.41. The minimum atomic E-state index is -0.638. The van der Waals surface area contributed by atoms with E-state index < -0.39 is 15.8 Å². The first-order valence-electron chi connectivity index (χ1n) is 6.09. The molecule has 2 rings (SSSR count). The van der Waals surface area contributed by atoms with Gasteiger partial charge >= 0.3 is 5.82 Å². The van der Waals surface area contributed by atoms with E-state index in [0.29, 0.717) is 5.82 Å². The molecule has 114 valence electrons. The van der Waals surface area contributed by atoms with E-state index in [2.05, 4.69) is 10.3 Å². The molecule has 0 bridgehead atoms. The predicted molar refractivity (Wildman–Crippen MR) is 75.3 cm³/mol. The number of carbonyl (C=O) groups excluding carboxylic acids is 1. The van der Waals surface area contributed by atoms with Crippen LogP contribution in [0.25, 0.3) is 0 Å². The highest BCUT2D eigenvalue weighted by Crippen LogP contribution is 2.18. The number of aromatic nitrogens is 2. The number of hydrogen-bond donors (Lipinski definition) is 1. The number of aryl methyl sites for hydroxylation is 1. The number of imidazole rings is 1. The van der Waals surface area contributed by atoms with Gasteiger partial charge in [-0.2, -0.15) is 0 Å². The van der Waals surface area contributed by atoms with Crippen molar-refractivity contribution in [3.8, 4) is 0 Å². The summed E-state index contributed by atoms with van der Waals surface area (Å²) in [4.78, 5) is 36.0. The maximum Gasteiger partial charge on any atom is 0.343 e. The average molecular weight is 305 g/mol. The van der Waals surface area contributed by atoms with Gasteiger partial charge in [-0.1, -0.05) is 6.07 Å². The maximum atomic E-state index is 11.9. The third-order valence-corrected chi connectivity index (χ3v) is 2.86. The number of nitro groups is 2. The van der Waals surface area contributed by atoms with Crippen LogP contribution in [0.15, 0.2) is 30.5 Å². The van der Waals surface area contributed by atoms with Crippen molar-refractivity contribution in [2.45, 2.75) is 13.5 Å². The second-order valence-corrected chi connectivity index (χ2v) is 4.36. The fourth-order valence-electron chi connectivity index (χ4n) is 1.84. The van der Waals surface area contributed by atoms with Crippen LogP contribution in [-0.2, 0) is 11.3 Å². The lowest BCUT2D eigenvalue weighted by Gasteiger charge is -2.05. The van der Waals surface area contributed by atoms with Gasteiger partial charge in [-0.3, -0.25) is 14.9 Å². The van der Waals surface area contributed by atoms with Crippen molar-refractivity contribution >= 4 is 23.1 Å². The van der Waals surface area contributed by atoms with Crippen LogP contribution in [-0.4, -0.2) is 25.3 Å². The molecule has 10 heteroatoms. The number of benzene rings is 1. The SMILES string of the molecule is Cc1ncc([N+](=O)[O-])n1CC(=O)Nc1cccc([N+](=O)[O-])c1. The molecule has 0 aliphatic rings. The van der Waals surface area contributed by atoms with Crippen LogP contribution < -0.4 is 5.32 Å². The number of nitrogens with one attached hydrogen (secondary N) is 1. The Labute approximate surface area is 123 Å². The molecule has 1 heterocycles. The normalized spacial score (nSPS) is 10.2. The summed E-state index contributed by atoms with van der Waals surface area (Å²) >= 11 is 0. The summed E-state index contributed by atoms with van der Waals surface area (Å²) in [5.74, 6) is -0.530. The van der Waals surface area contributed by atoms with Gasteiger partial charge in [-0.25, -0.2) is 9.55 Å². The predicted octanol–water partition coefficient (Wildman–Crippen LogP) is 1.65. The van der Waals surface area contributed by atoms with E-state index in [1.165, 1.54) is 31.2 Å². The van der Waals surface area contributed by atoms with E-state index in [-0.39, 0.29) is 23.7 Å². The van der Waals surface area contributed by atoms with Gasteiger partial charge in [0.15, 0.2) is 12.4 Å². The first-order chi connectivity index (χ1) is 10.4. The molecule has 0 saturated carbocycles. The monoisotopic (exact) mass is 305 g/mol. The fourth-order valence-corrected chi connectivity index (χ4v) is 1.84. The van der Waals surface area contributed by atoms with E-state index >= 15 is 0 Å². The van der Waals surface area contributed by atoms with Crippen LogP contribution in [0, 0.1) is 27.2 Å². The van der Waals surface area contributed by atoms with E-state index in [1.807, 2.05) is 0 Å². The number of hydrogen-bond acceptors (Lipinski definition) is 6. The second-order valence-electron chi connectivity index (χ2n) is 4.36. The zero-order valence-electron chi connectivity index (χ0n) is 11.4. The lowest BCUT2D eigenvalue weighted by molar-refractivity contribution is -0.392. The molecule has 10 nitrogen and oxygen atoms in total. The molecule has 0 aliphatic carbocycles. The van der Waals surface area contributed by atoms with Gasteiger partial charge in [0.25, 0.3) is 11.6 Å². The first kappa shape index (κ1) is 15.1. The number of amides is 1. The Kier molecular flexibility index (Phi) is 4.11. The van der Waals surface area contributed by atoms with E-state index in [4.69, 9.17) is 0 Å². The molecule has 0 saturated heterocycles. The molecule has 0 aliphatic heterocycles. The van der Waals surface area contributed by atoms with Crippen molar-refractivity contribution in [2.24, 2.45) is 0 Å².